The molecular weight excluding hydrogens is 366 g/mol. The van der Waals surface area contributed by atoms with Crippen molar-refractivity contribution in [1.82, 2.24) is 14.9 Å². The number of nitrogens with one attached hydrogen (secondary N) is 1. The summed E-state index contributed by atoms with van der Waals surface area (Å²) in [4.78, 5) is 17.6. The predicted molar refractivity (Wildman–Crippen MR) is 98.4 cm³/mol. The first-order valence-electron chi connectivity index (χ1n) is 8.21. The first kappa shape index (κ1) is 15.5. The molecule has 0 bridgehead atoms. The van der Waals surface area contributed by atoms with Gasteiger partial charge in [-0.25, -0.2) is 0 Å². The zero-order valence-electron chi connectivity index (χ0n) is 13.2. The average Bonchev–Trinajstić information content (AvgIpc) is 3.02. The van der Waals surface area contributed by atoms with Crippen molar-refractivity contribution in [2.45, 2.75) is 18.8 Å². The molecule has 1 aliphatic heterocycles. The highest BCUT2D eigenvalue weighted by Crippen LogP contribution is 2.32. The maximum absolute atomic E-state index is 13.1. The molecule has 1 saturated heterocycles. The van der Waals surface area contributed by atoms with Crippen LogP contribution in [0.3, 0.4) is 0 Å². The lowest BCUT2D eigenvalue weighted by atomic mass is 9.91. The van der Waals surface area contributed by atoms with Crippen molar-refractivity contribution in [3.8, 4) is 0 Å². The minimum Gasteiger partial charge on any atom is -0.317 e. The van der Waals surface area contributed by atoms with Crippen molar-refractivity contribution in [1.29, 1.82) is 0 Å². The van der Waals surface area contributed by atoms with Crippen molar-refractivity contribution in [2.75, 3.05) is 13.1 Å². The van der Waals surface area contributed by atoms with E-state index in [0.717, 1.165) is 41.4 Å². The van der Waals surface area contributed by atoms with Gasteiger partial charge >= 0.3 is 0 Å². The van der Waals surface area contributed by atoms with E-state index in [9.17, 15) is 4.79 Å². The molecular formula is C19H18BrN3O. The molecule has 4 nitrogen and oxygen atoms in total. The standard InChI is InChI=1S/C19H18BrN3O/c20-16-5-2-1-4-14(16)19(24)23-12-15(13-7-10-21-11-8-13)18-17(23)6-3-9-22-18/h1-6,9,12-13,21H,7-8,10-11H2. The zero-order chi connectivity index (χ0) is 16.5. The third kappa shape index (κ3) is 2.68. The molecule has 1 aromatic carbocycles. The van der Waals surface area contributed by atoms with Crippen LogP contribution >= 0.6 is 15.9 Å². The molecule has 4 rings (SSSR count). The molecule has 1 aliphatic rings. The van der Waals surface area contributed by atoms with Crippen molar-refractivity contribution in [3.05, 3.63) is 64.4 Å². The van der Waals surface area contributed by atoms with Gasteiger partial charge in [0.1, 0.15) is 0 Å². The van der Waals surface area contributed by atoms with Crippen LogP contribution < -0.4 is 5.32 Å². The highest BCUT2D eigenvalue weighted by Gasteiger charge is 2.23. The molecule has 3 heterocycles. The third-order valence-corrected chi connectivity index (χ3v) is 5.38. The first-order chi connectivity index (χ1) is 11.8. The summed E-state index contributed by atoms with van der Waals surface area (Å²) in [5.74, 6) is 0.428. The van der Waals surface area contributed by atoms with Gasteiger partial charge in [-0.05, 0) is 77.6 Å². The second kappa shape index (κ2) is 6.49. The number of rotatable bonds is 2. The van der Waals surface area contributed by atoms with Crippen LogP contribution in [0.15, 0.2) is 53.3 Å². The second-order valence-electron chi connectivity index (χ2n) is 6.13. The molecule has 0 saturated carbocycles. The van der Waals surface area contributed by atoms with Crippen LogP contribution in [0.4, 0.5) is 0 Å². The Morgan fingerprint density at radius 2 is 1.96 bits per heavy atom. The molecule has 0 aliphatic carbocycles. The Labute approximate surface area is 149 Å². The number of halogens is 1. The van der Waals surface area contributed by atoms with E-state index in [1.165, 1.54) is 5.56 Å². The number of nitrogens with zero attached hydrogens (tertiary/aromatic N) is 2. The van der Waals surface area contributed by atoms with Gasteiger partial charge in [-0.15, -0.1) is 0 Å². The minimum atomic E-state index is -0.0272. The topological polar surface area (TPSA) is 46.9 Å². The summed E-state index contributed by atoms with van der Waals surface area (Å²) in [5.41, 5.74) is 3.68. The number of aromatic nitrogens is 2. The van der Waals surface area contributed by atoms with Crippen LogP contribution in [-0.2, 0) is 0 Å². The maximum Gasteiger partial charge on any atom is 0.263 e. The van der Waals surface area contributed by atoms with E-state index in [0.29, 0.717) is 11.5 Å². The molecule has 24 heavy (non-hydrogen) atoms. The van der Waals surface area contributed by atoms with Crippen LogP contribution in [0.25, 0.3) is 11.0 Å². The van der Waals surface area contributed by atoms with Crippen molar-refractivity contribution >= 4 is 32.9 Å². The van der Waals surface area contributed by atoms with E-state index in [1.807, 2.05) is 42.6 Å². The highest BCUT2D eigenvalue weighted by molar-refractivity contribution is 9.10. The Kier molecular flexibility index (Phi) is 4.21. The largest absolute Gasteiger partial charge is 0.317 e. The fourth-order valence-electron chi connectivity index (χ4n) is 3.45. The number of piperidine rings is 1. The predicted octanol–water partition coefficient (Wildman–Crippen LogP) is 3.95. The lowest BCUT2D eigenvalue weighted by Gasteiger charge is -2.21. The normalized spacial score (nSPS) is 15.7. The number of carbonyl (C=O) groups excluding carboxylic acids is 1. The number of pyridine rings is 1. The summed E-state index contributed by atoms with van der Waals surface area (Å²) < 4.78 is 2.56. The molecule has 0 radical (unpaired) electrons. The molecule has 0 unspecified atom stereocenters. The monoisotopic (exact) mass is 383 g/mol. The number of fused-ring (bicyclic) bond motifs is 1. The van der Waals surface area contributed by atoms with Gasteiger partial charge in [0.15, 0.2) is 0 Å². The van der Waals surface area contributed by atoms with Crippen molar-refractivity contribution < 1.29 is 4.79 Å². The fourth-order valence-corrected chi connectivity index (χ4v) is 3.90. The molecule has 0 spiro atoms. The third-order valence-electron chi connectivity index (χ3n) is 4.69. The quantitative estimate of drug-likeness (QED) is 0.728. The Morgan fingerprint density at radius 3 is 2.75 bits per heavy atom. The number of benzene rings is 1. The summed E-state index contributed by atoms with van der Waals surface area (Å²) in [6, 6.07) is 11.4. The van der Waals surface area contributed by atoms with Crippen LogP contribution in [-0.4, -0.2) is 28.5 Å². The van der Waals surface area contributed by atoms with Gasteiger partial charge in [-0.2, -0.15) is 0 Å². The molecule has 3 aromatic rings. The summed E-state index contributed by atoms with van der Waals surface area (Å²) in [6.07, 6.45) is 5.97. The Balaban J connectivity index is 1.84. The van der Waals surface area contributed by atoms with Gasteiger partial charge in [0.2, 0.25) is 0 Å². The Bertz CT molecular complexity index is 897. The van der Waals surface area contributed by atoms with Crippen LogP contribution in [0.2, 0.25) is 0 Å². The molecule has 122 valence electrons. The van der Waals surface area contributed by atoms with E-state index < -0.39 is 0 Å². The summed E-state index contributed by atoms with van der Waals surface area (Å²) in [7, 11) is 0. The molecule has 0 atom stereocenters. The Hall–Kier alpha value is -1.98. The zero-order valence-corrected chi connectivity index (χ0v) is 14.8. The van der Waals surface area contributed by atoms with E-state index in [-0.39, 0.29) is 5.91 Å². The van der Waals surface area contributed by atoms with Gasteiger partial charge in [0.05, 0.1) is 16.6 Å². The molecule has 1 N–H and O–H groups in total. The summed E-state index contributed by atoms with van der Waals surface area (Å²) in [6.45, 7) is 2.03. The molecule has 5 heteroatoms. The van der Waals surface area contributed by atoms with Gasteiger partial charge in [-0.1, -0.05) is 12.1 Å². The van der Waals surface area contributed by atoms with E-state index in [2.05, 4.69) is 26.2 Å². The van der Waals surface area contributed by atoms with Gasteiger partial charge in [0, 0.05) is 16.9 Å². The van der Waals surface area contributed by atoms with Gasteiger partial charge < -0.3 is 5.32 Å². The van der Waals surface area contributed by atoms with Crippen LogP contribution in [0.1, 0.15) is 34.7 Å². The Morgan fingerprint density at radius 1 is 1.17 bits per heavy atom. The summed E-state index contributed by atoms with van der Waals surface area (Å²) in [5, 5.41) is 3.40. The number of carbonyl (C=O) groups is 1. The summed E-state index contributed by atoms with van der Waals surface area (Å²) >= 11 is 3.48. The second-order valence-corrected chi connectivity index (χ2v) is 6.99. The van der Waals surface area contributed by atoms with E-state index in [4.69, 9.17) is 0 Å². The lowest BCUT2D eigenvalue weighted by Crippen LogP contribution is -2.26. The fraction of sp³-hybridized carbons (Fsp3) is 0.263. The van der Waals surface area contributed by atoms with Crippen molar-refractivity contribution in [3.63, 3.8) is 0 Å². The number of hydrogen-bond acceptors (Lipinski definition) is 3. The molecule has 1 fully saturated rings. The number of hydrogen-bond donors (Lipinski definition) is 1. The minimum absolute atomic E-state index is 0.0272. The maximum atomic E-state index is 13.1. The molecule has 0 amide bonds. The average molecular weight is 384 g/mol. The van der Waals surface area contributed by atoms with Crippen LogP contribution in [0, 0.1) is 0 Å². The SMILES string of the molecule is O=C(c1ccccc1Br)n1cc(C2CCNCC2)c2ncccc21. The van der Waals surface area contributed by atoms with Crippen molar-refractivity contribution in [2.24, 2.45) is 0 Å². The smallest absolute Gasteiger partial charge is 0.263 e. The first-order valence-corrected chi connectivity index (χ1v) is 9.01. The van der Waals surface area contributed by atoms with E-state index >= 15 is 0 Å². The van der Waals surface area contributed by atoms with E-state index in [1.54, 1.807) is 10.8 Å². The lowest BCUT2D eigenvalue weighted by molar-refractivity contribution is 0.0964. The van der Waals surface area contributed by atoms with Crippen LogP contribution in [0.5, 0.6) is 0 Å². The van der Waals surface area contributed by atoms with Gasteiger partial charge in [-0.3, -0.25) is 14.3 Å². The van der Waals surface area contributed by atoms with Gasteiger partial charge in [0.25, 0.3) is 5.91 Å². The highest BCUT2D eigenvalue weighted by atomic mass is 79.9. The molecule has 2 aromatic heterocycles.